The minimum Gasteiger partial charge on any atom is -0.330 e. The van der Waals surface area contributed by atoms with E-state index in [9.17, 15) is 13.2 Å². The molecule has 0 heterocycles. The number of carbonyl (C=O) groups is 1. The first-order valence-electron chi connectivity index (χ1n) is 4.18. The molecule has 1 amide bonds. The van der Waals surface area contributed by atoms with Crippen molar-refractivity contribution in [2.24, 2.45) is 11.5 Å². The molecule has 0 aliphatic rings. The zero-order chi connectivity index (χ0) is 11.0. The van der Waals surface area contributed by atoms with Crippen LogP contribution in [0.3, 0.4) is 0 Å². The first kappa shape index (κ1) is 13.1. The standard InChI is InChI=1S/C7H14N3O3S/c8-4-2-1-3-6(9)7(11)10-5-14(12)13/h6H,1-4,8-9H2,(H,10,11)/t6-/m0/s1. The van der Waals surface area contributed by atoms with Gasteiger partial charge in [-0.2, -0.15) is 8.42 Å². The Morgan fingerprint density at radius 3 is 2.57 bits per heavy atom. The van der Waals surface area contributed by atoms with Gasteiger partial charge in [-0.3, -0.25) is 4.79 Å². The Morgan fingerprint density at radius 1 is 1.43 bits per heavy atom. The van der Waals surface area contributed by atoms with Crippen molar-refractivity contribution < 1.29 is 13.2 Å². The minimum atomic E-state index is -2.52. The van der Waals surface area contributed by atoms with E-state index in [0.717, 1.165) is 12.8 Å². The number of rotatable bonds is 6. The molecule has 6 nitrogen and oxygen atoms in total. The fraction of sp³-hybridized carbons (Fsp3) is 0.714. The van der Waals surface area contributed by atoms with E-state index in [1.165, 1.54) is 0 Å². The Morgan fingerprint density at radius 2 is 2.07 bits per heavy atom. The second kappa shape index (κ2) is 7.48. The third-order valence-corrected chi connectivity index (χ3v) is 1.83. The van der Waals surface area contributed by atoms with Gasteiger partial charge in [0, 0.05) is 0 Å². The second-order valence-electron chi connectivity index (χ2n) is 2.72. The summed E-state index contributed by atoms with van der Waals surface area (Å²) in [5, 5.41) is 1.95. The summed E-state index contributed by atoms with van der Waals surface area (Å²) in [5.74, 6) is -0.550. The molecular formula is C7H14N3O3S. The summed E-state index contributed by atoms with van der Waals surface area (Å²) in [6.07, 6.45) is 2.02. The maximum Gasteiger partial charge on any atom is 0.242 e. The number of nitrogens with one attached hydrogen (secondary N) is 1. The van der Waals surface area contributed by atoms with Crippen molar-refractivity contribution in [2.75, 3.05) is 6.54 Å². The van der Waals surface area contributed by atoms with Gasteiger partial charge < -0.3 is 16.8 Å². The Bertz CT molecular complexity index is 291. The van der Waals surface area contributed by atoms with Crippen molar-refractivity contribution in [3.8, 4) is 0 Å². The van der Waals surface area contributed by atoms with Crippen LogP contribution in [0, 0.1) is 0 Å². The van der Waals surface area contributed by atoms with E-state index < -0.39 is 22.2 Å². The van der Waals surface area contributed by atoms with Gasteiger partial charge in [0.15, 0.2) is 0 Å². The highest BCUT2D eigenvalue weighted by molar-refractivity contribution is 7.71. The second-order valence-corrected chi connectivity index (χ2v) is 3.39. The number of unbranched alkanes of at least 4 members (excludes halogenated alkanes) is 1. The first-order valence-corrected chi connectivity index (χ1v) is 5.26. The molecule has 1 radical (unpaired) electrons. The molecule has 0 aliphatic carbocycles. The zero-order valence-corrected chi connectivity index (χ0v) is 8.51. The molecule has 0 saturated carbocycles. The molecule has 81 valence electrons. The van der Waals surface area contributed by atoms with Crippen LogP contribution in [-0.2, 0) is 15.1 Å². The van der Waals surface area contributed by atoms with Gasteiger partial charge >= 0.3 is 0 Å². The molecule has 7 heteroatoms. The van der Waals surface area contributed by atoms with Gasteiger partial charge in [-0.15, -0.1) is 0 Å². The molecule has 0 bridgehead atoms. The van der Waals surface area contributed by atoms with Crippen LogP contribution in [0.4, 0.5) is 0 Å². The molecule has 0 aliphatic heterocycles. The van der Waals surface area contributed by atoms with E-state index in [-0.39, 0.29) is 0 Å². The summed E-state index contributed by atoms with van der Waals surface area (Å²) in [7, 11) is -2.52. The minimum absolute atomic E-state index is 0.482. The van der Waals surface area contributed by atoms with E-state index >= 15 is 0 Å². The quantitative estimate of drug-likeness (QED) is 0.274. The summed E-state index contributed by atoms with van der Waals surface area (Å²) in [6, 6.07) is -0.711. The fourth-order valence-corrected chi connectivity index (χ4v) is 1.01. The third-order valence-electron chi connectivity index (χ3n) is 1.56. The molecule has 0 fully saturated rings. The van der Waals surface area contributed by atoms with E-state index in [2.05, 4.69) is 0 Å². The smallest absolute Gasteiger partial charge is 0.242 e. The van der Waals surface area contributed by atoms with Crippen molar-refractivity contribution in [3.63, 3.8) is 0 Å². The Hall–Kier alpha value is -0.920. The number of carbonyl (C=O) groups excluding carboxylic acids is 1. The van der Waals surface area contributed by atoms with Gasteiger partial charge in [0.1, 0.15) is 0 Å². The lowest BCUT2D eigenvalue weighted by Gasteiger charge is -2.07. The van der Waals surface area contributed by atoms with Crippen LogP contribution >= 0.6 is 0 Å². The summed E-state index contributed by atoms with van der Waals surface area (Å²) >= 11 is 0. The predicted molar refractivity (Wildman–Crippen MR) is 53.0 cm³/mol. The lowest BCUT2D eigenvalue weighted by atomic mass is 10.1. The number of hydrogen-bond acceptors (Lipinski definition) is 5. The van der Waals surface area contributed by atoms with Crippen molar-refractivity contribution in [2.45, 2.75) is 25.3 Å². The number of hydrogen-bond donors (Lipinski definition) is 3. The van der Waals surface area contributed by atoms with E-state index in [1.54, 1.807) is 5.49 Å². The molecule has 0 aromatic heterocycles. The molecule has 14 heavy (non-hydrogen) atoms. The first-order chi connectivity index (χ1) is 6.57. The van der Waals surface area contributed by atoms with Crippen LogP contribution in [0.2, 0.25) is 0 Å². The molecule has 0 aromatic rings. The van der Waals surface area contributed by atoms with Gasteiger partial charge in [-0.05, 0) is 19.4 Å². The SMILES string of the molecule is NCCCC[C@H](N)C(=O)N[C]=S(=O)=O. The van der Waals surface area contributed by atoms with E-state index in [0.29, 0.717) is 13.0 Å². The van der Waals surface area contributed by atoms with Crippen LogP contribution in [0.25, 0.3) is 0 Å². The molecule has 0 saturated heterocycles. The third kappa shape index (κ3) is 6.58. The molecule has 0 unspecified atom stereocenters. The van der Waals surface area contributed by atoms with Crippen LogP contribution in [0.15, 0.2) is 0 Å². The molecule has 5 N–H and O–H groups in total. The fourth-order valence-electron chi connectivity index (χ4n) is 0.824. The van der Waals surface area contributed by atoms with Crippen molar-refractivity contribution in [1.82, 2.24) is 5.32 Å². The van der Waals surface area contributed by atoms with Crippen LogP contribution in [-0.4, -0.2) is 32.4 Å². The van der Waals surface area contributed by atoms with Gasteiger partial charge in [0.25, 0.3) is 0 Å². The maximum atomic E-state index is 11.0. The molecule has 0 spiro atoms. The van der Waals surface area contributed by atoms with E-state index in [4.69, 9.17) is 11.5 Å². The normalized spacial score (nSPS) is 11.9. The average molecular weight is 220 g/mol. The topological polar surface area (TPSA) is 115 Å². The van der Waals surface area contributed by atoms with Crippen LogP contribution in [0.5, 0.6) is 0 Å². The monoisotopic (exact) mass is 220 g/mol. The zero-order valence-electron chi connectivity index (χ0n) is 7.69. The highest BCUT2D eigenvalue weighted by atomic mass is 32.2. The van der Waals surface area contributed by atoms with E-state index in [1.807, 2.05) is 5.32 Å². The Kier molecular flexibility index (Phi) is 6.99. The molecule has 1 atom stereocenters. The summed E-state index contributed by atoms with van der Waals surface area (Å²) in [5.41, 5.74) is 12.4. The molecule has 0 aromatic carbocycles. The van der Waals surface area contributed by atoms with Gasteiger partial charge in [0.2, 0.25) is 21.7 Å². The predicted octanol–water partition coefficient (Wildman–Crippen LogP) is -1.93. The molecular weight excluding hydrogens is 206 g/mol. The van der Waals surface area contributed by atoms with Gasteiger partial charge in [0.05, 0.1) is 6.04 Å². The van der Waals surface area contributed by atoms with Crippen LogP contribution in [0.1, 0.15) is 19.3 Å². The van der Waals surface area contributed by atoms with Crippen molar-refractivity contribution in [1.29, 1.82) is 0 Å². The lowest BCUT2D eigenvalue weighted by molar-refractivity contribution is -0.120. The number of nitrogens with two attached hydrogens (primary N) is 2. The highest BCUT2D eigenvalue weighted by Gasteiger charge is 2.11. The van der Waals surface area contributed by atoms with Crippen molar-refractivity contribution in [3.05, 3.63) is 0 Å². The largest absolute Gasteiger partial charge is 0.330 e. The summed E-state index contributed by atoms with van der Waals surface area (Å²) in [4.78, 5) is 11.0. The maximum absolute atomic E-state index is 11.0. The number of amides is 1. The Labute approximate surface area is 84.2 Å². The average Bonchev–Trinajstić information content (AvgIpc) is 2.14. The Balaban J connectivity index is 3.82. The summed E-state index contributed by atoms with van der Waals surface area (Å²) < 4.78 is 20.0. The van der Waals surface area contributed by atoms with Crippen LogP contribution < -0.4 is 16.8 Å². The molecule has 0 rings (SSSR count). The summed E-state index contributed by atoms with van der Waals surface area (Å²) in [6.45, 7) is 0.553. The van der Waals surface area contributed by atoms with Gasteiger partial charge in [-0.1, -0.05) is 6.42 Å². The highest BCUT2D eigenvalue weighted by Crippen LogP contribution is 1.97. The van der Waals surface area contributed by atoms with Gasteiger partial charge in [-0.25, -0.2) is 0 Å². The lowest BCUT2D eigenvalue weighted by Crippen LogP contribution is -2.40. The van der Waals surface area contributed by atoms with Crippen molar-refractivity contribution >= 4 is 21.7 Å².